The van der Waals surface area contributed by atoms with E-state index in [-0.39, 0.29) is 5.91 Å². The number of hydrogen-bond donors (Lipinski definition) is 0. The van der Waals surface area contributed by atoms with Gasteiger partial charge in [-0.2, -0.15) is 0 Å². The van der Waals surface area contributed by atoms with Crippen LogP contribution < -0.4 is 9.64 Å². The Labute approximate surface area is 140 Å². The van der Waals surface area contributed by atoms with Gasteiger partial charge in [0.2, 0.25) is 0 Å². The first kappa shape index (κ1) is 15.3. The van der Waals surface area contributed by atoms with Gasteiger partial charge in [-0.1, -0.05) is 15.9 Å². The molecule has 0 atom stereocenters. The van der Waals surface area contributed by atoms with Gasteiger partial charge in [0.1, 0.15) is 5.75 Å². The van der Waals surface area contributed by atoms with Crippen LogP contribution >= 0.6 is 38.5 Å². The first-order valence-corrected chi connectivity index (χ1v) is 7.77. The van der Waals surface area contributed by atoms with Gasteiger partial charge in [0.25, 0.3) is 5.91 Å². The lowest BCUT2D eigenvalue weighted by molar-refractivity contribution is 0.0992. The Morgan fingerprint density at radius 3 is 2.45 bits per heavy atom. The molecule has 0 aromatic heterocycles. The predicted molar refractivity (Wildman–Crippen MR) is 92.6 cm³/mol. The molecule has 0 saturated carbocycles. The van der Waals surface area contributed by atoms with Gasteiger partial charge in [0.05, 0.1) is 12.7 Å². The highest BCUT2D eigenvalue weighted by Gasteiger charge is 2.16. The van der Waals surface area contributed by atoms with E-state index < -0.39 is 0 Å². The Kier molecular flexibility index (Phi) is 5.04. The molecule has 5 heteroatoms. The van der Waals surface area contributed by atoms with Gasteiger partial charge in [0.15, 0.2) is 0 Å². The quantitative estimate of drug-likeness (QED) is 0.657. The van der Waals surface area contributed by atoms with E-state index in [1.54, 1.807) is 19.1 Å². The van der Waals surface area contributed by atoms with Crippen molar-refractivity contribution < 1.29 is 9.53 Å². The summed E-state index contributed by atoms with van der Waals surface area (Å²) in [5, 5.41) is 0. The summed E-state index contributed by atoms with van der Waals surface area (Å²) in [6.07, 6.45) is 0. The van der Waals surface area contributed by atoms with Gasteiger partial charge in [-0.15, -0.1) is 0 Å². The summed E-state index contributed by atoms with van der Waals surface area (Å²) in [6, 6.07) is 13.1. The van der Waals surface area contributed by atoms with Crippen molar-refractivity contribution in [2.45, 2.75) is 0 Å². The van der Waals surface area contributed by atoms with Crippen molar-refractivity contribution in [3.63, 3.8) is 0 Å². The van der Waals surface area contributed by atoms with E-state index in [1.165, 1.54) is 0 Å². The Balaban J connectivity index is 2.29. The fourth-order valence-corrected chi connectivity index (χ4v) is 2.69. The summed E-state index contributed by atoms with van der Waals surface area (Å²) in [5.74, 6) is 0.729. The lowest BCUT2D eigenvalue weighted by atomic mass is 10.2. The van der Waals surface area contributed by atoms with Crippen LogP contribution in [0.15, 0.2) is 46.9 Å². The monoisotopic (exact) mass is 445 g/mol. The zero-order valence-corrected chi connectivity index (χ0v) is 14.8. The summed E-state index contributed by atoms with van der Waals surface area (Å²) in [6.45, 7) is 0. The number of methoxy groups -OCH3 is 1. The number of anilines is 1. The Hall–Kier alpha value is -1.08. The predicted octanol–water partition coefficient (Wildman–Crippen LogP) is 4.34. The standard InChI is InChI=1S/C15H13BrINO2/c1-18(11-4-6-12(20-2)7-5-11)15(19)13-9-10(16)3-8-14(13)17/h3-9H,1-2H3. The van der Waals surface area contributed by atoms with E-state index in [0.29, 0.717) is 5.56 Å². The molecule has 0 aliphatic heterocycles. The maximum absolute atomic E-state index is 12.5. The molecule has 3 nitrogen and oxygen atoms in total. The largest absolute Gasteiger partial charge is 0.497 e. The van der Waals surface area contributed by atoms with Gasteiger partial charge in [-0.25, -0.2) is 0 Å². The third-order valence-corrected chi connectivity index (χ3v) is 4.36. The molecule has 104 valence electrons. The second-order valence-electron chi connectivity index (χ2n) is 4.19. The Morgan fingerprint density at radius 2 is 1.85 bits per heavy atom. The second-order valence-corrected chi connectivity index (χ2v) is 6.26. The smallest absolute Gasteiger partial charge is 0.259 e. The highest BCUT2D eigenvalue weighted by molar-refractivity contribution is 14.1. The van der Waals surface area contributed by atoms with Crippen LogP contribution in [0.2, 0.25) is 0 Å². The minimum absolute atomic E-state index is 0.0409. The Bertz CT molecular complexity index is 628. The molecule has 0 radical (unpaired) electrons. The van der Waals surface area contributed by atoms with Crippen molar-refractivity contribution in [3.8, 4) is 5.75 Å². The molecule has 0 heterocycles. The van der Waals surface area contributed by atoms with E-state index in [2.05, 4.69) is 38.5 Å². The van der Waals surface area contributed by atoms with Crippen LogP contribution in [0.5, 0.6) is 5.75 Å². The number of halogens is 2. The van der Waals surface area contributed by atoms with Gasteiger partial charge in [-0.05, 0) is 65.1 Å². The average Bonchev–Trinajstić information content (AvgIpc) is 2.48. The lowest BCUT2D eigenvalue weighted by Crippen LogP contribution is -2.26. The molecule has 0 unspecified atom stereocenters. The van der Waals surface area contributed by atoms with Gasteiger partial charge < -0.3 is 9.64 Å². The molecular weight excluding hydrogens is 433 g/mol. The van der Waals surface area contributed by atoms with Crippen LogP contribution in [0, 0.1) is 3.57 Å². The van der Waals surface area contributed by atoms with Crippen molar-refractivity contribution in [2.75, 3.05) is 19.1 Å². The minimum atomic E-state index is -0.0409. The Morgan fingerprint density at radius 1 is 1.20 bits per heavy atom. The number of ether oxygens (including phenoxy) is 1. The molecule has 0 bridgehead atoms. The topological polar surface area (TPSA) is 29.5 Å². The SMILES string of the molecule is COc1ccc(N(C)C(=O)c2cc(Br)ccc2I)cc1. The summed E-state index contributed by atoms with van der Waals surface area (Å²) in [4.78, 5) is 14.2. The number of hydrogen-bond acceptors (Lipinski definition) is 2. The fourth-order valence-electron chi connectivity index (χ4n) is 1.77. The van der Waals surface area contributed by atoms with E-state index >= 15 is 0 Å². The first-order valence-electron chi connectivity index (χ1n) is 5.90. The van der Waals surface area contributed by atoms with Crippen molar-refractivity contribution >= 4 is 50.1 Å². The van der Waals surface area contributed by atoms with Gasteiger partial charge >= 0.3 is 0 Å². The number of nitrogens with zero attached hydrogens (tertiary/aromatic N) is 1. The van der Waals surface area contributed by atoms with Crippen LogP contribution in [-0.4, -0.2) is 20.1 Å². The zero-order valence-electron chi connectivity index (χ0n) is 11.1. The summed E-state index contributed by atoms with van der Waals surface area (Å²) >= 11 is 5.57. The van der Waals surface area contributed by atoms with Crippen LogP contribution in [0.25, 0.3) is 0 Å². The average molecular weight is 446 g/mol. The summed E-state index contributed by atoms with van der Waals surface area (Å²) in [7, 11) is 3.38. The molecule has 0 fully saturated rings. The first-order chi connectivity index (χ1) is 9.52. The molecule has 0 spiro atoms. The third kappa shape index (κ3) is 3.32. The highest BCUT2D eigenvalue weighted by Crippen LogP contribution is 2.23. The molecule has 0 aliphatic rings. The molecule has 2 aromatic rings. The van der Waals surface area contributed by atoms with E-state index in [9.17, 15) is 4.79 Å². The van der Waals surface area contributed by atoms with Crippen molar-refractivity contribution in [3.05, 3.63) is 56.1 Å². The van der Waals surface area contributed by atoms with E-state index in [0.717, 1.165) is 19.5 Å². The number of carbonyl (C=O) groups is 1. The summed E-state index contributed by atoms with van der Waals surface area (Å²) < 4.78 is 6.94. The minimum Gasteiger partial charge on any atom is -0.497 e. The molecule has 0 saturated heterocycles. The van der Waals surface area contributed by atoms with Crippen LogP contribution in [0.3, 0.4) is 0 Å². The zero-order chi connectivity index (χ0) is 14.7. The van der Waals surface area contributed by atoms with E-state index in [1.807, 2.05) is 42.5 Å². The summed E-state index contributed by atoms with van der Waals surface area (Å²) in [5.41, 5.74) is 1.50. The number of amides is 1. The van der Waals surface area contributed by atoms with Crippen LogP contribution in [-0.2, 0) is 0 Å². The molecule has 20 heavy (non-hydrogen) atoms. The maximum Gasteiger partial charge on any atom is 0.259 e. The van der Waals surface area contributed by atoms with Crippen molar-refractivity contribution in [1.82, 2.24) is 0 Å². The van der Waals surface area contributed by atoms with E-state index in [4.69, 9.17) is 4.74 Å². The molecule has 0 N–H and O–H groups in total. The van der Waals surface area contributed by atoms with Crippen LogP contribution in [0.1, 0.15) is 10.4 Å². The fraction of sp³-hybridized carbons (Fsp3) is 0.133. The lowest BCUT2D eigenvalue weighted by Gasteiger charge is -2.18. The highest BCUT2D eigenvalue weighted by atomic mass is 127. The van der Waals surface area contributed by atoms with Crippen molar-refractivity contribution in [2.24, 2.45) is 0 Å². The molecule has 1 amide bonds. The molecule has 2 rings (SSSR count). The van der Waals surface area contributed by atoms with Gasteiger partial charge in [0, 0.05) is 20.8 Å². The maximum atomic E-state index is 12.5. The van der Waals surface area contributed by atoms with Crippen LogP contribution in [0.4, 0.5) is 5.69 Å². The number of carbonyl (C=O) groups excluding carboxylic acids is 1. The number of benzene rings is 2. The third-order valence-electron chi connectivity index (χ3n) is 2.92. The molecule has 2 aromatic carbocycles. The second kappa shape index (κ2) is 6.58. The molecular formula is C15H13BrINO2. The normalized spacial score (nSPS) is 10.2. The van der Waals surface area contributed by atoms with Gasteiger partial charge in [-0.3, -0.25) is 4.79 Å². The molecule has 0 aliphatic carbocycles. The van der Waals surface area contributed by atoms with Crippen molar-refractivity contribution in [1.29, 1.82) is 0 Å². The number of rotatable bonds is 3.